The van der Waals surface area contributed by atoms with Crippen molar-refractivity contribution in [2.45, 2.75) is 4.90 Å². The van der Waals surface area contributed by atoms with Gasteiger partial charge in [0.05, 0.1) is 4.88 Å². The lowest BCUT2D eigenvalue weighted by atomic mass is 10.3. The van der Waals surface area contributed by atoms with Crippen LogP contribution in [0.2, 0.25) is 0 Å². The van der Waals surface area contributed by atoms with E-state index in [0.717, 1.165) is 10.6 Å². The Bertz CT molecular complexity index is 867. The van der Waals surface area contributed by atoms with Gasteiger partial charge in [-0.3, -0.25) is 4.98 Å². The molecule has 0 unspecified atom stereocenters. The number of nitrogens with zero attached hydrogens (tertiary/aromatic N) is 3. The Morgan fingerprint density at radius 3 is 2.71 bits per heavy atom. The largest absolute Gasteiger partial charge is 0.475 e. The number of thiophene rings is 1. The van der Waals surface area contributed by atoms with Gasteiger partial charge in [0.1, 0.15) is 17.2 Å². The summed E-state index contributed by atoms with van der Waals surface area (Å²) in [5, 5.41) is 10.0. The lowest BCUT2D eigenvalue weighted by Gasteiger charge is -2.07. The van der Waals surface area contributed by atoms with Crippen LogP contribution in [-0.4, -0.2) is 36.8 Å². The minimum atomic E-state index is -3.58. The number of aromatic nitrogens is 3. The van der Waals surface area contributed by atoms with E-state index in [1.165, 1.54) is 18.5 Å². The molecule has 3 aromatic heterocycles. The van der Waals surface area contributed by atoms with Gasteiger partial charge in [0.25, 0.3) is 0 Å². The lowest BCUT2D eigenvalue weighted by Crippen LogP contribution is -2.28. The average molecular weight is 362 g/mol. The average Bonchev–Trinajstić information content (AvgIpc) is 3.15. The van der Waals surface area contributed by atoms with E-state index in [4.69, 9.17) is 4.74 Å². The molecular weight excluding hydrogens is 348 g/mol. The number of nitrogens with one attached hydrogen (secondary N) is 1. The van der Waals surface area contributed by atoms with Gasteiger partial charge in [-0.05, 0) is 29.6 Å². The van der Waals surface area contributed by atoms with Crippen molar-refractivity contribution in [2.75, 3.05) is 13.2 Å². The van der Waals surface area contributed by atoms with E-state index in [1.807, 2.05) is 23.6 Å². The third kappa shape index (κ3) is 4.13. The minimum Gasteiger partial charge on any atom is -0.475 e. The monoisotopic (exact) mass is 362 g/mol. The molecule has 1 N–H and O–H groups in total. The summed E-state index contributed by atoms with van der Waals surface area (Å²) in [5.41, 5.74) is 0.773. The van der Waals surface area contributed by atoms with Gasteiger partial charge in [-0.1, -0.05) is 6.07 Å². The minimum absolute atomic E-state index is 0.116. The fourth-order valence-corrected chi connectivity index (χ4v) is 3.54. The molecule has 7 nitrogen and oxygen atoms in total. The van der Waals surface area contributed by atoms with E-state index in [9.17, 15) is 8.42 Å². The summed E-state index contributed by atoms with van der Waals surface area (Å²) in [6.45, 7) is 0.262. The maximum Gasteiger partial charge on any atom is 0.242 e. The highest BCUT2D eigenvalue weighted by molar-refractivity contribution is 7.89. The molecule has 24 heavy (non-hydrogen) atoms. The van der Waals surface area contributed by atoms with E-state index < -0.39 is 10.0 Å². The van der Waals surface area contributed by atoms with Crippen LogP contribution in [0.15, 0.2) is 59.1 Å². The van der Waals surface area contributed by atoms with E-state index in [-0.39, 0.29) is 18.0 Å². The van der Waals surface area contributed by atoms with Crippen molar-refractivity contribution in [2.24, 2.45) is 0 Å². The van der Waals surface area contributed by atoms with Gasteiger partial charge in [-0.25, -0.2) is 13.1 Å². The van der Waals surface area contributed by atoms with Crippen LogP contribution in [0.25, 0.3) is 10.6 Å². The molecule has 3 heterocycles. The van der Waals surface area contributed by atoms with Crippen LogP contribution in [0.4, 0.5) is 0 Å². The van der Waals surface area contributed by atoms with Gasteiger partial charge in [-0.2, -0.15) is 0 Å². The molecule has 9 heteroatoms. The van der Waals surface area contributed by atoms with Gasteiger partial charge in [0.2, 0.25) is 15.9 Å². The first-order valence-electron chi connectivity index (χ1n) is 7.05. The van der Waals surface area contributed by atoms with E-state index in [0.29, 0.717) is 5.88 Å². The fraction of sp³-hybridized carbons (Fsp3) is 0.133. The Kier molecular flexibility index (Phi) is 5.14. The molecule has 0 aromatic carbocycles. The summed E-state index contributed by atoms with van der Waals surface area (Å²) in [6.07, 6.45) is 2.80. The van der Waals surface area contributed by atoms with E-state index in [2.05, 4.69) is 19.9 Å². The number of rotatable bonds is 7. The van der Waals surface area contributed by atoms with E-state index in [1.54, 1.807) is 23.5 Å². The molecule has 0 spiro atoms. The summed E-state index contributed by atoms with van der Waals surface area (Å²) in [4.78, 5) is 4.93. The highest BCUT2D eigenvalue weighted by atomic mass is 32.2. The quantitative estimate of drug-likeness (QED) is 0.646. The van der Waals surface area contributed by atoms with Crippen molar-refractivity contribution in [3.8, 4) is 16.5 Å². The highest BCUT2D eigenvalue weighted by Crippen LogP contribution is 2.22. The van der Waals surface area contributed by atoms with Crippen LogP contribution in [0.3, 0.4) is 0 Å². The summed E-state index contributed by atoms with van der Waals surface area (Å²) >= 11 is 1.58. The van der Waals surface area contributed by atoms with Gasteiger partial charge in [-0.15, -0.1) is 21.5 Å². The van der Waals surface area contributed by atoms with Crippen molar-refractivity contribution in [3.05, 3.63) is 54.2 Å². The van der Waals surface area contributed by atoms with Crippen molar-refractivity contribution in [1.29, 1.82) is 0 Å². The Labute approximate surface area is 143 Å². The first-order valence-corrected chi connectivity index (χ1v) is 9.41. The molecule has 3 rings (SSSR count). The molecule has 0 aliphatic heterocycles. The summed E-state index contributed by atoms with van der Waals surface area (Å²) in [7, 11) is -3.58. The molecule has 0 radical (unpaired) electrons. The summed E-state index contributed by atoms with van der Waals surface area (Å²) < 4.78 is 31.8. The Balaban J connectivity index is 1.50. The number of sulfonamides is 1. The predicted octanol–water partition coefficient (Wildman–Crippen LogP) is 1.96. The zero-order valence-electron chi connectivity index (χ0n) is 12.5. The van der Waals surface area contributed by atoms with Crippen molar-refractivity contribution < 1.29 is 13.2 Å². The predicted molar refractivity (Wildman–Crippen MR) is 90.3 cm³/mol. The van der Waals surface area contributed by atoms with Crippen LogP contribution in [0, 0.1) is 0 Å². The molecule has 0 aliphatic rings. The van der Waals surface area contributed by atoms with Crippen LogP contribution in [0.1, 0.15) is 0 Å². The van der Waals surface area contributed by atoms with Crippen molar-refractivity contribution in [1.82, 2.24) is 19.9 Å². The number of hydrogen-bond donors (Lipinski definition) is 1. The number of hydrogen-bond acceptors (Lipinski definition) is 7. The first-order chi connectivity index (χ1) is 11.6. The molecule has 0 saturated heterocycles. The second kappa shape index (κ2) is 7.47. The molecule has 0 fully saturated rings. The topological polar surface area (TPSA) is 94.1 Å². The Morgan fingerprint density at radius 2 is 2.04 bits per heavy atom. The number of ether oxygens (including phenoxy) is 1. The van der Waals surface area contributed by atoms with Crippen LogP contribution >= 0.6 is 11.3 Å². The summed E-state index contributed by atoms with van der Waals surface area (Å²) in [5.74, 6) is 0.343. The smallest absolute Gasteiger partial charge is 0.242 e. The zero-order valence-corrected chi connectivity index (χ0v) is 14.1. The maximum absolute atomic E-state index is 12.0. The summed E-state index contributed by atoms with van der Waals surface area (Å²) in [6, 6.07) is 10.5. The van der Waals surface area contributed by atoms with Gasteiger partial charge >= 0.3 is 0 Å². The van der Waals surface area contributed by atoms with Gasteiger partial charge in [0, 0.05) is 25.0 Å². The highest BCUT2D eigenvalue weighted by Gasteiger charge is 2.13. The normalized spacial score (nSPS) is 11.3. The molecule has 0 atom stereocenters. The third-order valence-corrected chi connectivity index (χ3v) is 5.34. The lowest BCUT2D eigenvalue weighted by molar-refractivity contribution is 0.307. The first kappa shape index (κ1) is 16.5. The van der Waals surface area contributed by atoms with Gasteiger partial charge < -0.3 is 4.74 Å². The standard InChI is InChI=1S/C15H14N4O3S2/c20-24(21,12-3-1-7-16-11-12)17-8-9-22-15-6-5-13(18-19-15)14-4-2-10-23-14/h1-7,10-11,17H,8-9H2. The van der Waals surface area contributed by atoms with Crippen LogP contribution < -0.4 is 9.46 Å². The fourth-order valence-electron chi connectivity index (χ4n) is 1.87. The van der Waals surface area contributed by atoms with Gasteiger partial charge in [0.15, 0.2) is 0 Å². The number of pyridine rings is 1. The molecule has 0 amide bonds. The molecule has 0 aliphatic carbocycles. The van der Waals surface area contributed by atoms with Crippen LogP contribution in [0.5, 0.6) is 5.88 Å². The second-order valence-corrected chi connectivity index (χ2v) is 7.38. The molecule has 124 valence electrons. The van der Waals surface area contributed by atoms with Crippen molar-refractivity contribution in [3.63, 3.8) is 0 Å². The Morgan fingerprint density at radius 1 is 1.12 bits per heavy atom. The third-order valence-electron chi connectivity index (χ3n) is 3.00. The van der Waals surface area contributed by atoms with E-state index >= 15 is 0 Å². The maximum atomic E-state index is 12.0. The molecule has 0 bridgehead atoms. The van der Waals surface area contributed by atoms with Crippen LogP contribution in [-0.2, 0) is 10.0 Å². The van der Waals surface area contributed by atoms with Crippen molar-refractivity contribution >= 4 is 21.4 Å². The molecular formula is C15H14N4O3S2. The molecule has 0 saturated carbocycles. The zero-order chi connectivity index (χ0) is 16.8. The SMILES string of the molecule is O=S(=O)(NCCOc1ccc(-c2cccs2)nn1)c1cccnc1. The Hall–Kier alpha value is -2.36. The molecule has 3 aromatic rings. The second-order valence-electron chi connectivity index (χ2n) is 4.67.